The number of benzene rings is 2. The highest BCUT2D eigenvalue weighted by atomic mass is 32.2. The Morgan fingerprint density at radius 3 is 2.85 bits per heavy atom. The molecule has 1 amide bonds. The average molecular weight is 382 g/mol. The van der Waals surface area contributed by atoms with E-state index in [0.717, 1.165) is 29.4 Å². The number of anilines is 1. The van der Waals surface area contributed by atoms with Crippen molar-refractivity contribution >= 4 is 32.7 Å². The summed E-state index contributed by atoms with van der Waals surface area (Å²) < 4.78 is 28.1. The van der Waals surface area contributed by atoms with E-state index < -0.39 is 10.0 Å². The monoisotopic (exact) mass is 382 g/mol. The summed E-state index contributed by atoms with van der Waals surface area (Å²) in [6.45, 7) is 0.457. The fraction of sp³-hybridized carbons (Fsp3) is 0.263. The number of aromatic nitrogens is 2. The van der Waals surface area contributed by atoms with E-state index in [1.807, 2.05) is 24.3 Å². The van der Waals surface area contributed by atoms with E-state index in [4.69, 9.17) is 0 Å². The Labute approximate surface area is 156 Å². The number of para-hydroxylation sites is 2. The van der Waals surface area contributed by atoms with Gasteiger partial charge < -0.3 is 10.3 Å². The van der Waals surface area contributed by atoms with Gasteiger partial charge in [-0.05, 0) is 48.7 Å². The number of rotatable bonds is 3. The number of imidazole rings is 1. The number of hydrogen-bond donors (Lipinski definition) is 2. The van der Waals surface area contributed by atoms with Crippen molar-refractivity contribution in [1.82, 2.24) is 14.3 Å². The number of nitrogens with zero attached hydrogens (tertiary/aromatic N) is 2. The van der Waals surface area contributed by atoms with Crippen molar-refractivity contribution in [3.8, 4) is 0 Å². The van der Waals surface area contributed by atoms with Gasteiger partial charge in [0.25, 0.3) is 0 Å². The molecule has 0 spiro atoms. The number of aromatic amines is 1. The van der Waals surface area contributed by atoms with Gasteiger partial charge in [-0.1, -0.05) is 12.1 Å². The fourth-order valence-electron chi connectivity index (χ4n) is 3.93. The van der Waals surface area contributed by atoms with Gasteiger partial charge >= 0.3 is 0 Å². The summed E-state index contributed by atoms with van der Waals surface area (Å²) in [6.07, 6.45) is 1.72. The molecule has 0 saturated carbocycles. The molecular weight excluding hydrogens is 364 g/mol. The van der Waals surface area contributed by atoms with E-state index in [1.54, 1.807) is 18.2 Å². The molecule has 5 rings (SSSR count). The Hall–Kier alpha value is -2.71. The van der Waals surface area contributed by atoms with E-state index in [1.165, 1.54) is 4.31 Å². The molecule has 0 aliphatic carbocycles. The Kier molecular flexibility index (Phi) is 3.60. The summed E-state index contributed by atoms with van der Waals surface area (Å²) in [5.74, 6) is 0.566. The SMILES string of the molecule is O=C1Cc2cc(S(=O)(=O)N3CCC[C@H]3c3nc4ccccc4[nH]3)ccc2N1. The summed E-state index contributed by atoms with van der Waals surface area (Å²) in [5.41, 5.74) is 3.15. The van der Waals surface area contributed by atoms with Crippen molar-refractivity contribution < 1.29 is 13.2 Å². The minimum atomic E-state index is -3.68. The molecule has 2 N–H and O–H groups in total. The van der Waals surface area contributed by atoms with Crippen molar-refractivity contribution in [2.45, 2.75) is 30.2 Å². The fourth-order valence-corrected chi connectivity index (χ4v) is 5.64. The molecule has 3 heterocycles. The molecule has 1 aromatic heterocycles. The number of carbonyl (C=O) groups is 1. The summed E-state index contributed by atoms with van der Waals surface area (Å²) in [7, 11) is -3.68. The third-order valence-corrected chi connectivity index (χ3v) is 7.14. The molecule has 1 saturated heterocycles. The van der Waals surface area contributed by atoms with Gasteiger partial charge in [0.2, 0.25) is 15.9 Å². The number of sulfonamides is 1. The third kappa shape index (κ3) is 2.64. The summed E-state index contributed by atoms with van der Waals surface area (Å²) in [6, 6.07) is 12.2. The maximum atomic E-state index is 13.3. The molecule has 2 aliphatic heterocycles. The van der Waals surface area contributed by atoms with Crippen LogP contribution in [0, 0.1) is 0 Å². The lowest BCUT2D eigenvalue weighted by Gasteiger charge is -2.23. The van der Waals surface area contributed by atoms with Gasteiger partial charge in [-0.2, -0.15) is 4.31 Å². The van der Waals surface area contributed by atoms with E-state index in [9.17, 15) is 13.2 Å². The van der Waals surface area contributed by atoms with Gasteiger partial charge in [-0.15, -0.1) is 0 Å². The molecule has 8 heteroatoms. The molecule has 138 valence electrons. The van der Waals surface area contributed by atoms with Gasteiger partial charge in [0, 0.05) is 12.2 Å². The normalized spacial score (nSPS) is 20.1. The van der Waals surface area contributed by atoms with Gasteiger partial charge in [0.05, 0.1) is 28.4 Å². The average Bonchev–Trinajstić information content (AvgIpc) is 3.36. The van der Waals surface area contributed by atoms with Crippen molar-refractivity contribution in [3.63, 3.8) is 0 Å². The molecular formula is C19H18N4O3S. The van der Waals surface area contributed by atoms with Crippen LogP contribution in [-0.4, -0.2) is 35.1 Å². The van der Waals surface area contributed by atoms with E-state index in [0.29, 0.717) is 18.1 Å². The minimum absolute atomic E-state index is 0.110. The Morgan fingerprint density at radius 1 is 1.15 bits per heavy atom. The summed E-state index contributed by atoms with van der Waals surface area (Å²) in [4.78, 5) is 19.6. The molecule has 2 aliphatic rings. The molecule has 1 atom stereocenters. The quantitative estimate of drug-likeness (QED) is 0.728. The predicted molar refractivity (Wildman–Crippen MR) is 101 cm³/mol. The van der Waals surface area contributed by atoms with Crippen LogP contribution in [0.25, 0.3) is 11.0 Å². The van der Waals surface area contributed by atoms with Gasteiger partial charge in [0.1, 0.15) is 5.82 Å². The van der Waals surface area contributed by atoms with Crippen molar-refractivity contribution in [1.29, 1.82) is 0 Å². The molecule has 1 fully saturated rings. The first-order valence-corrected chi connectivity index (χ1v) is 10.4. The molecule has 3 aromatic rings. The van der Waals surface area contributed by atoms with Crippen LogP contribution >= 0.6 is 0 Å². The standard InChI is InChI=1S/C19H18N4O3S/c24-18-11-12-10-13(7-8-14(12)20-18)27(25,26)23-9-3-6-17(23)19-21-15-4-1-2-5-16(15)22-19/h1-2,4-5,7-8,10,17H,3,6,9,11H2,(H,20,24)(H,21,22)/t17-/m0/s1. The number of nitrogens with one attached hydrogen (secondary N) is 2. The predicted octanol–water partition coefficient (Wildman–Crippen LogP) is 2.58. The molecule has 27 heavy (non-hydrogen) atoms. The number of H-pyrrole nitrogens is 1. The third-order valence-electron chi connectivity index (χ3n) is 5.24. The van der Waals surface area contributed by atoms with Gasteiger partial charge in [0.15, 0.2) is 0 Å². The first-order chi connectivity index (χ1) is 13.0. The zero-order valence-corrected chi connectivity index (χ0v) is 15.3. The van der Waals surface area contributed by atoms with E-state index in [2.05, 4.69) is 15.3 Å². The second-order valence-corrected chi connectivity index (χ2v) is 8.85. The van der Waals surface area contributed by atoms with Crippen molar-refractivity contribution in [2.75, 3.05) is 11.9 Å². The van der Waals surface area contributed by atoms with Crippen LogP contribution in [0.5, 0.6) is 0 Å². The molecule has 0 radical (unpaired) electrons. The largest absolute Gasteiger partial charge is 0.341 e. The maximum absolute atomic E-state index is 13.3. The number of carbonyl (C=O) groups excluding carboxylic acids is 1. The molecule has 0 unspecified atom stereocenters. The van der Waals surface area contributed by atoms with Crippen LogP contribution in [0.3, 0.4) is 0 Å². The lowest BCUT2D eigenvalue weighted by atomic mass is 10.2. The topological polar surface area (TPSA) is 95.2 Å². The highest BCUT2D eigenvalue weighted by Gasteiger charge is 2.38. The number of hydrogen-bond acceptors (Lipinski definition) is 4. The number of amides is 1. The van der Waals surface area contributed by atoms with Crippen molar-refractivity contribution in [2.24, 2.45) is 0 Å². The van der Waals surface area contributed by atoms with E-state index >= 15 is 0 Å². The lowest BCUT2D eigenvalue weighted by Crippen LogP contribution is -2.31. The first kappa shape index (κ1) is 16.5. The van der Waals surface area contributed by atoms with Crippen LogP contribution in [0.4, 0.5) is 5.69 Å². The second kappa shape index (κ2) is 5.90. The molecule has 2 aromatic carbocycles. The summed E-state index contributed by atoms with van der Waals surface area (Å²) >= 11 is 0. The maximum Gasteiger partial charge on any atom is 0.243 e. The Morgan fingerprint density at radius 2 is 2.00 bits per heavy atom. The van der Waals surface area contributed by atoms with Crippen molar-refractivity contribution in [3.05, 3.63) is 53.9 Å². The molecule has 0 bridgehead atoms. The summed E-state index contributed by atoms with van der Waals surface area (Å²) in [5, 5.41) is 2.73. The van der Waals surface area contributed by atoms with Gasteiger partial charge in [-0.25, -0.2) is 13.4 Å². The Bertz CT molecular complexity index is 1140. The van der Waals surface area contributed by atoms with E-state index in [-0.39, 0.29) is 23.3 Å². The molecule has 7 nitrogen and oxygen atoms in total. The van der Waals surface area contributed by atoms with Crippen LogP contribution in [0.15, 0.2) is 47.4 Å². The Balaban J connectivity index is 1.52. The highest BCUT2D eigenvalue weighted by molar-refractivity contribution is 7.89. The smallest absolute Gasteiger partial charge is 0.243 e. The second-order valence-electron chi connectivity index (χ2n) is 6.96. The van der Waals surface area contributed by atoms with Crippen LogP contribution < -0.4 is 5.32 Å². The van der Waals surface area contributed by atoms with Crippen LogP contribution in [-0.2, 0) is 21.2 Å². The van der Waals surface area contributed by atoms with Gasteiger partial charge in [-0.3, -0.25) is 4.79 Å². The van der Waals surface area contributed by atoms with Crippen LogP contribution in [0.2, 0.25) is 0 Å². The first-order valence-electron chi connectivity index (χ1n) is 8.92. The number of fused-ring (bicyclic) bond motifs is 2. The van der Waals surface area contributed by atoms with Crippen LogP contribution in [0.1, 0.15) is 30.3 Å². The zero-order valence-electron chi connectivity index (χ0n) is 14.5. The lowest BCUT2D eigenvalue weighted by molar-refractivity contribution is -0.115. The zero-order chi connectivity index (χ0) is 18.6. The minimum Gasteiger partial charge on any atom is -0.341 e. The highest BCUT2D eigenvalue weighted by Crippen LogP contribution is 2.37.